The molecule has 2 saturated carbocycles. The van der Waals surface area contributed by atoms with E-state index < -0.39 is 13.3 Å². The SMILES string of the molecule is CP(C)(=O)O[C@H]1CC[C@H](N(c2cc(-c3ccc(NC(=O)c4cscn4)cc3)sc2C(=O)O)C(=O)[C@H]2CC[C@H](C)CC2)CC1. The lowest BCUT2D eigenvalue weighted by atomic mass is 9.81. The molecule has 0 aliphatic heterocycles. The van der Waals surface area contributed by atoms with Gasteiger partial charge in [0.1, 0.15) is 10.6 Å². The Kier molecular flexibility index (Phi) is 9.86. The molecule has 0 unspecified atom stereocenters. The molecule has 2 aliphatic carbocycles. The van der Waals surface area contributed by atoms with E-state index >= 15 is 0 Å². The van der Waals surface area contributed by atoms with Crippen LogP contribution in [0.2, 0.25) is 0 Å². The molecule has 2 amide bonds. The number of aromatic carboxylic acids is 1. The van der Waals surface area contributed by atoms with Crippen molar-refractivity contribution in [3.8, 4) is 10.4 Å². The summed E-state index contributed by atoms with van der Waals surface area (Å²) in [7, 11) is -2.64. The number of aromatic nitrogens is 1. The Balaban J connectivity index is 1.42. The molecule has 43 heavy (non-hydrogen) atoms. The summed E-state index contributed by atoms with van der Waals surface area (Å²) in [6, 6.07) is 8.88. The lowest BCUT2D eigenvalue weighted by Gasteiger charge is -2.39. The number of rotatable bonds is 9. The molecule has 0 saturated heterocycles. The third kappa shape index (κ3) is 7.81. The van der Waals surface area contributed by atoms with E-state index in [1.165, 1.54) is 11.3 Å². The third-order valence-corrected chi connectivity index (χ3v) is 10.8. The lowest BCUT2D eigenvalue weighted by Crippen LogP contribution is -2.47. The van der Waals surface area contributed by atoms with Gasteiger partial charge < -0.3 is 19.8 Å². The molecular weight excluding hydrogens is 605 g/mol. The van der Waals surface area contributed by atoms with Crippen LogP contribution in [-0.2, 0) is 13.9 Å². The van der Waals surface area contributed by atoms with Crippen LogP contribution in [0.1, 0.15) is 78.5 Å². The molecule has 0 spiro atoms. The lowest BCUT2D eigenvalue weighted by molar-refractivity contribution is -0.124. The van der Waals surface area contributed by atoms with Crippen LogP contribution >= 0.6 is 30.0 Å². The Labute approximate surface area is 260 Å². The van der Waals surface area contributed by atoms with Crippen molar-refractivity contribution in [3.05, 3.63) is 51.8 Å². The monoisotopic (exact) mass is 643 g/mol. The summed E-state index contributed by atoms with van der Waals surface area (Å²) in [5.41, 5.74) is 3.78. The predicted octanol–water partition coefficient (Wildman–Crippen LogP) is 7.85. The number of thiophene rings is 1. The van der Waals surface area contributed by atoms with Crippen LogP contribution in [0.15, 0.2) is 41.2 Å². The van der Waals surface area contributed by atoms with E-state index in [0.29, 0.717) is 48.7 Å². The molecule has 0 atom stereocenters. The number of thiazole rings is 1. The molecule has 9 nitrogen and oxygen atoms in total. The summed E-state index contributed by atoms with van der Waals surface area (Å²) in [6.45, 7) is 5.45. The number of benzene rings is 1. The van der Waals surface area contributed by atoms with E-state index in [9.17, 15) is 24.1 Å². The van der Waals surface area contributed by atoms with Crippen LogP contribution in [0.25, 0.3) is 10.4 Å². The Hall–Kier alpha value is -2.85. The summed E-state index contributed by atoms with van der Waals surface area (Å²) in [4.78, 5) is 45.8. The van der Waals surface area contributed by atoms with Gasteiger partial charge in [-0.15, -0.1) is 22.7 Å². The van der Waals surface area contributed by atoms with Gasteiger partial charge in [-0.1, -0.05) is 19.1 Å². The van der Waals surface area contributed by atoms with Crippen molar-refractivity contribution < 1.29 is 28.6 Å². The minimum Gasteiger partial charge on any atom is -0.477 e. The Morgan fingerprint density at radius 3 is 2.28 bits per heavy atom. The summed E-state index contributed by atoms with van der Waals surface area (Å²) < 4.78 is 18.1. The zero-order valence-electron chi connectivity index (χ0n) is 24.7. The number of carboxylic acid groups (broad SMARTS) is 1. The fourth-order valence-corrected chi connectivity index (χ4v) is 8.51. The van der Waals surface area contributed by atoms with E-state index in [-0.39, 0.29) is 34.8 Å². The second kappa shape index (κ2) is 13.4. The maximum absolute atomic E-state index is 14.2. The Bertz CT molecular complexity index is 1480. The first-order valence-electron chi connectivity index (χ1n) is 14.7. The van der Waals surface area contributed by atoms with Gasteiger partial charge >= 0.3 is 5.97 Å². The van der Waals surface area contributed by atoms with Crippen molar-refractivity contribution in [2.75, 3.05) is 23.5 Å². The van der Waals surface area contributed by atoms with Gasteiger partial charge in [-0.2, -0.15) is 0 Å². The molecule has 0 radical (unpaired) electrons. The minimum atomic E-state index is -2.64. The molecule has 2 N–H and O–H groups in total. The van der Waals surface area contributed by atoms with Gasteiger partial charge in [0.05, 0.1) is 17.3 Å². The number of anilines is 2. The molecule has 2 aliphatic rings. The summed E-state index contributed by atoms with van der Waals surface area (Å²) >= 11 is 2.50. The normalized spacial score (nSPS) is 22.6. The number of carbonyl (C=O) groups excluding carboxylic acids is 2. The fraction of sp³-hybridized carbons (Fsp3) is 0.484. The first-order valence-corrected chi connectivity index (χ1v) is 19.0. The zero-order chi connectivity index (χ0) is 30.7. The highest BCUT2D eigenvalue weighted by atomic mass is 32.1. The van der Waals surface area contributed by atoms with Gasteiger partial charge in [-0.3, -0.25) is 14.2 Å². The number of carbonyl (C=O) groups is 3. The maximum atomic E-state index is 14.2. The molecule has 12 heteroatoms. The molecule has 1 aromatic carbocycles. The number of hydrogen-bond donors (Lipinski definition) is 2. The van der Waals surface area contributed by atoms with Crippen molar-refractivity contribution in [1.82, 2.24) is 4.98 Å². The molecule has 2 fully saturated rings. The quantitative estimate of drug-likeness (QED) is 0.228. The van der Waals surface area contributed by atoms with E-state index in [2.05, 4.69) is 17.2 Å². The summed E-state index contributed by atoms with van der Waals surface area (Å²) in [5.74, 6) is -0.918. The van der Waals surface area contributed by atoms with Crippen molar-refractivity contribution in [2.45, 2.75) is 70.4 Å². The molecule has 230 valence electrons. The highest BCUT2D eigenvalue weighted by Gasteiger charge is 2.38. The summed E-state index contributed by atoms with van der Waals surface area (Å²) in [5, 5.41) is 14.8. The number of hydrogen-bond acceptors (Lipinski definition) is 8. The minimum absolute atomic E-state index is 0.000117. The van der Waals surface area contributed by atoms with Gasteiger partial charge in [0.25, 0.3) is 5.91 Å². The molecule has 2 heterocycles. The number of nitrogens with zero attached hydrogens (tertiary/aromatic N) is 2. The average molecular weight is 644 g/mol. The summed E-state index contributed by atoms with van der Waals surface area (Å²) in [6.07, 6.45) is 6.07. The standard InChI is InChI=1S/C31H38N3O6PS2/c1-19-4-6-21(7-5-19)30(36)34(23-12-14-24(15-13-23)40-41(2,3)39)26-16-27(43-28(26)31(37)38)20-8-10-22(11-9-20)33-29(35)25-17-42-18-32-25/h8-11,16-19,21,23-24H,4-7,12-15H2,1-3H3,(H,33,35)(H,37,38)/t19-,21-,23-,24-. The van der Waals surface area contributed by atoms with Crippen molar-refractivity contribution in [2.24, 2.45) is 11.8 Å². The van der Waals surface area contributed by atoms with Gasteiger partial charge in [0.15, 0.2) is 7.37 Å². The van der Waals surface area contributed by atoms with Crippen LogP contribution in [-0.4, -0.2) is 53.3 Å². The molecule has 3 aromatic rings. The van der Waals surface area contributed by atoms with Crippen molar-refractivity contribution >= 4 is 59.2 Å². The van der Waals surface area contributed by atoms with Gasteiger partial charge in [-0.05, 0) is 81.0 Å². The predicted molar refractivity (Wildman–Crippen MR) is 172 cm³/mol. The van der Waals surface area contributed by atoms with Crippen LogP contribution in [0, 0.1) is 11.8 Å². The maximum Gasteiger partial charge on any atom is 0.348 e. The third-order valence-electron chi connectivity index (χ3n) is 8.27. The average Bonchev–Trinajstić information content (AvgIpc) is 3.66. The molecule has 0 bridgehead atoms. The number of amides is 2. The number of nitrogens with one attached hydrogen (secondary N) is 1. The highest BCUT2D eigenvalue weighted by molar-refractivity contribution is 7.57. The van der Waals surface area contributed by atoms with E-state index in [4.69, 9.17) is 4.52 Å². The van der Waals surface area contributed by atoms with Gasteiger partial charge in [0.2, 0.25) is 5.91 Å². The zero-order valence-corrected chi connectivity index (χ0v) is 27.2. The first-order chi connectivity index (χ1) is 20.5. The van der Waals surface area contributed by atoms with Gasteiger partial charge in [0, 0.05) is 41.2 Å². The van der Waals surface area contributed by atoms with E-state index in [0.717, 1.165) is 47.5 Å². The Morgan fingerprint density at radius 1 is 1.02 bits per heavy atom. The Morgan fingerprint density at radius 2 is 1.70 bits per heavy atom. The van der Waals surface area contributed by atoms with Crippen LogP contribution in [0.4, 0.5) is 11.4 Å². The van der Waals surface area contributed by atoms with Crippen LogP contribution in [0.5, 0.6) is 0 Å². The highest BCUT2D eigenvalue weighted by Crippen LogP contribution is 2.45. The first kappa shape index (κ1) is 31.6. The van der Waals surface area contributed by atoms with Crippen LogP contribution in [0.3, 0.4) is 0 Å². The molecule has 2 aromatic heterocycles. The largest absolute Gasteiger partial charge is 0.477 e. The second-order valence-corrected chi connectivity index (χ2v) is 16.5. The molecule has 5 rings (SSSR count). The number of carboxylic acids is 1. The smallest absolute Gasteiger partial charge is 0.348 e. The van der Waals surface area contributed by atoms with E-state index in [1.807, 2.05) is 18.2 Å². The fourth-order valence-electron chi connectivity index (χ4n) is 6.06. The van der Waals surface area contributed by atoms with Crippen molar-refractivity contribution in [1.29, 1.82) is 0 Å². The topological polar surface area (TPSA) is 126 Å². The molecular formula is C31H38N3O6PS2. The van der Waals surface area contributed by atoms with Crippen molar-refractivity contribution in [3.63, 3.8) is 0 Å². The van der Waals surface area contributed by atoms with Gasteiger partial charge in [-0.25, -0.2) is 9.78 Å². The van der Waals surface area contributed by atoms with Crippen LogP contribution < -0.4 is 10.2 Å². The second-order valence-electron chi connectivity index (χ2n) is 12.0. The van der Waals surface area contributed by atoms with E-state index in [1.54, 1.807) is 41.3 Å².